The average molecular weight is 242 g/mol. The van der Waals surface area contributed by atoms with Gasteiger partial charge in [0.15, 0.2) is 0 Å². The highest BCUT2D eigenvalue weighted by molar-refractivity contribution is 4.93. The van der Waals surface area contributed by atoms with Crippen LogP contribution in [0.3, 0.4) is 0 Å². The first-order chi connectivity index (χ1) is 8.29. The lowest BCUT2D eigenvalue weighted by atomic mass is 9.79. The molecular formula is C15H30O2. The van der Waals surface area contributed by atoms with Crippen LogP contribution in [0.15, 0.2) is 0 Å². The monoisotopic (exact) mass is 242 g/mol. The zero-order valence-electron chi connectivity index (χ0n) is 12.0. The molecule has 1 aliphatic rings. The van der Waals surface area contributed by atoms with E-state index >= 15 is 0 Å². The Hall–Kier alpha value is -0.0800. The maximum atomic E-state index is 5.73. The zero-order valence-corrected chi connectivity index (χ0v) is 12.0. The number of methoxy groups -OCH3 is 1. The molecule has 102 valence electrons. The van der Waals surface area contributed by atoms with Crippen LogP contribution in [0, 0.1) is 5.41 Å². The largest absolute Gasteiger partial charge is 0.381 e. The van der Waals surface area contributed by atoms with Crippen LogP contribution in [0.5, 0.6) is 0 Å². The normalized spacial score (nSPS) is 28.8. The lowest BCUT2D eigenvalue weighted by molar-refractivity contribution is -0.0498. The van der Waals surface area contributed by atoms with Crippen molar-refractivity contribution in [2.75, 3.05) is 20.3 Å². The Morgan fingerprint density at radius 2 is 2.00 bits per heavy atom. The van der Waals surface area contributed by atoms with Crippen LogP contribution in [0.2, 0.25) is 0 Å². The third-order valence-corrected chi connectivity index (χ3v) is 4.23. The Morgan fingerprint density at radius 3 is 2.65 bits per heavy atom. The minimum absolute atomic E-state index is 0.318. The highest BCUT2D eigenvalue weighted by atomic mass is 16.5. The summed E-state index contributed by atoms with van der Waals surface area (Å²) in [4.78, 5) is 0. The molecule has 17 heavy (non-hydrogen) atoms. The van der Waals surface area contributed by atoms with E-state index in [4.69, 9.17) is 9.47 Å². The third kappa shape index (κ3) is 4.26. The Morgan fingerprint density at radius 1 is 1.18 bits per heavy atom. The molecule has 0 spiro atoms. The van der Waals surface area contributed by atoms with Gasteiger partial charge < -0.3 is 9.47 Å². The SMILES string of the molecule is CCCCCCC1(COCC)CCCC1OC. The average Bonchev–Trinajstić information content (AvgIpc) is 2.75. The van der Waals surface area contributed by atoms with Gasteiger partial charge in [0.2, 0.25) is 0 Å². The molecule has 0 radical (unpaired) electrons. The molecule has 0 aromatic heterocycles. The van der Waals surface area contributed by atoms with E-state index in [9.17, 15) is 0 Å². The molecule has 0 saturated heterocycles. The minimum atomic E-state index is 0.318. The van der Waals surface area contributed by atoms with E-state index in [1.807, 2.05) is 7.11 Å². The Balaban J connectivity index is 2.46. The third-order valence-electron chi connectivity index (χ3n) is 4.23. The highest BCUT2D eigenvalue weighted by Crippen LogP contribution is 2.44. The van der Waals surface area contributed by atoms with Crippen molar-refractivity contribution in [3.05, 3.63) is 0 Å². The van der Waals surface area contributed by atoms with Gasteiger partial charge in [-0.05, 0) is 26.2 Å². The fraction of sp³-hybridized carbons (Fsp3) is 1.00. The second-order valence-electron chi connectivity index (χ2n) is 5.43. The fourth-order valence-electron chi connectivity index (χ4n) is 3.21. The van der Waals surface area contributed by atoms with Gasteiger partial charge in [-0.2, -0.15) is 0 Å². The van der Waals surface area contributed by atoms with E-state index < -0.39 is 0 Å². The summed E-state index contributed by atoms with van der Waals surface area (Å²) in [6.07, 6.45) is 10.9. The molecular weight excluding hydrogens is 212 g/mol. The van der Waals surface area contributed by atoms with E-state index in [1.54, 1.807) is 0 Å². The summed E-state index contributed by atoms with van der Waals surface area (Å²) in [5.41, 5.74) is 0.318. The van der Waals surface area contributed by atoms with Crippen molar-refractivity contribution in [2.24, 2.45) is 5.41 Å². The number of unbranched alkanes of at least 4 members (excludes halogenated alkanes) is 3. The molecule has 2 heteroatoms. The molecule has 2 unspecified atom stereocenters. The summed E-state index contributed by atoms with van der Waals surface area (Å²) in [6.45, 7) is 6.08. The van der Waals surface area contributed by atoms with E-state index in [-0.39, 0.29) is 0 Å². The van der Waals surface area contributed by atoms with Crippen molar-refractivity contribution >= 4 is 0 Å². The number of rotatable bonds is 9. The van der Waals surface area contributed by atoms with E-state index in [0.717, 1.165) is 13.2 Å². The van der Waals surface area contributed by atoms with Crippen LogP contribution < -0.4 is 0 Å². The molecule has 0 aromatic rings. The van der Waals surface area contributed by atoms with E-state index in [1.165, 1.54) is 51.4 Å². The van der Waals surface area contributed by atoms with Gasteiger partial charge >= 0.3 is 0 Å². The van der Waals surface area contributed by atoms with Gasteiger partial charge in [-0.15, -0.1) is 0 Å². The summed E-state index contributed by atoms with van der Waals surface area (Å²) >= 11 is 0. The predicted octanol–water partition coefficient (Wildman–Crippen LogP) is 4.18. The number of ether oxygens (including phenoxy) is 2. The molecule has 0 aromatic carbocycles. The molecule has 1 rings (SSSR count). The van der Waals surface area contributed by atoms with Crippen molar-refractivity contribution in [1.29, 1.82) is 0 Å². The van der Waals surface area contributed by atoms with Gasteiger partial charge in [-0.25, -0.2) is 0 Å². The molecule has 0 heterocycles. The Kier molecular flexibility index (Phi) is 7.14. The van der Waals surface area contributed by atoms with E-state index in [2.05, 4.69) is 13.8 Å². The first-order valence-corrected chi connectivity index (χ1v) is 7.39. The van der Waals surface area contributed by atoms with Crippen LogP contribution in [0.4, 0.5) is 0 Å². The van der Waals surface area contributed by atoms with Crippen molar-refractivity contribution in [3.63, 3.8) is 0 Å². The van der Waals surface area contributed by atoms with Crippen LogP contribution in [0.1, 0.15) is 65.2 Å². The molecule has 2 atom stereocenters. The standard InChI is InChI=1S/C15H30O2/c1-4-6-7-8-11-15(13-17-5-2)12-9-10-14(15)16-3/h14H,4-13H2,1-3H3. The molecule has 1 fully saturated rings. The molecule has 0 N–H and O–H groups in total. The molecule has 1 saturated carbocycles. The minimum Gasteiger partial charge on any atom is -0.381 e. The summed E-state index contributed by atoms with van der Waals surface area (Å²) in [7, 11) is 1.86. The molecule has 0 bridgehead atoms. The van der Waals surface area contributed by atoms with Crippen molar-refractivity contribution < 1.29 is 9.47 Å². The summed E-state index contributed by atoms with van der Waals surface area (Å²) < 4.78 is 11.4. The van der Waals surface area contributed by atoms with Gasteiger partial charge in [0.25, 0.3) is 0 Å². The molecule has 0 aliphatic heterocycles. The Bertz CT molecular complexity index is 193. The quantitative estimate of drug-likeness (QED) is 0.565. The molecule has 0 amide bonds. The van der Waals surface area contributed by atoms with E-state index in [0.29, 0.717) is 11.5 Å². The van der Waals surface area contributed by atoms with Gasteiger partial charge in [-0.1, -0.05) is 39.0 Å². The van der Waals surface area contributed by atoms with Crippen molar-refractivity contribution in [3.8, 4) is 0 Å². The van der Waals surface area contributed by atoms with Crippen LogP contribution >= 0.6 is 0 Å². The fourth-order valence-corrected chi connectivity index (χ4v) is 3.21. The topological polar surface area (TPSA) is 18.5 Å². The number of hydrogen-bond acceptors (Lipinski definition) is 2. The highest BCUT2D eigenvalue weighted by Gasteiger charge is 2.42. The summed E-state index contributed by atoms with van der Waals surface area (Å²) in [5.74, 6) is 0. The first kappa shape index (κ1) is 15.0. The van der Waals surface area contributed by atoms with Crippen LogP contribution in [0.25, 0.3) is 0 Å². The van der Waals surface area contributed by atoms with Gasteiger partial charge in [-0.3, -0.25) is 0 Å². The molecule has 1 aliphatic carbocycles. The van der Waals surface area contributed by atoms with Gasteiger partial charge in [0.1, 0.15) is 0 Å². The summed E-state index contributed by atoms with van der Waals surface area (Å²) in [5, 5.41) is 0. The number of hydrogen-bond donors (Lipinski definition) is 0. The van der Waals surface area contributed by atoms with Gasteiger partial charge in [0.05, 0.1) is 12.7 Å². The lowest BCUT2D eigenvalue weighted by Crippen LogP contribution is -2.36. The van der Waals surface area contributed by atoms with Gasteiger partial charge in [0, 0.05) is 19.1 Å². The van der Waals surface area contributed by atoms with Crippen LogP contribution in [-0.4, -0.2) is 26.4 Å². The first-order valence-electron chi connectivity index (χ1n) is 7.39. The maximum absolute atomic E-state index is 5.73. The Labute approximate surface area is 107 Å². The maximum Gasteiger partial charge on any atom is 0.0649 e. The summed E-state index contributed by atoms with van der Waals surface area (Å²) in [6, 6.07) is 0. The van der Waals surface area contributed by atoms with Crippen LogP contribution in [-0.2, 0) is 9.47 Å². The predicted molar refractivity (Wildman–Crippen MR) is 72.3 cm³/mol. The molecule has 2 nitrogen and oxygen atoms in total. The zero-order chi connectivity index (χ0) is 12.6. The smallest absolute Gasteiger partial charge is 0.0649 e. The van der Waals surface area contributed by atoms with Crippen molar-refractivity contribution in [1.82, 2.24) is 0 Å². The second kappa shape index (κ2) is 8.10. The van der Waals surface area contributed by atoms with Crippen molar-refractivity contribution in [2.45, 2.75) is 71.3 Å². The lowest BCUT2D eigenvalue weighted by Gasteiger charge is -2.34. The second-order valence-corrected chi connectivity index (χ2v) is 5.43.